The molecule has 2 rings (SSSR count). The lowest BCUT2D eigenvalue weighted by Crippen LogP contribution is -2.34. The second-order valence-corrected chi connectivity index (χ2v) is 6.17. The van der Waals surface area contributed by atoms with Crippen molar-refractivity contribution < 1.29 is 9.50 Å². The average molecular weight is 330 g/mol. The molecule has 0 heterocycles. The van der Waals surface area contributed by atoms with Crippen molar-refractivity contribution in [2.45, 2.75) is 50.6 Å². The predicted octanol–water partition coefficient (Wildman–Crippen LogP) is 3.93. The van der Waals surface area contributed by atoms with E-state index < -0.39 is 0 Å². The van der Waals surface area contributed by atoms with E-state index in [1.807, 2.05) is 6.07 Å². The van der Waals surface area contributed by atoms with Gasteiger partial charge in [0.2, 0.25) is 0 Å². The number of nitrogens with one attached hydrogen (secondary N) is 1. The van der Waals surface area contributed by atoms with Crippen molar-refractivity contribution >= 4 is 15.9 Å². The molecule has 0 aliphatic heterocycles. The second kappa shape index (κ2) is 7.36. The van der Waals surface area contributed by atoms with E-state index in [1.54, 1.807) is 6.07 Å². The molecule has 1 aliphatic carbocycles. The lowest BCUT2D eigenvalue weighted by Gasteiger charge is -2.24. The van der Waals surface area contributed by atoms with Gasteiger partial charge in [-0.2, -0.15) is 0 Å². The number of aliphatic hydroxyl groups excluding tert-OH is 1. The molecule has 106 valence electrons. The van der Waals surface area contributed by atoms with Crippen LogP contribution < -0.4 is 5.32 Å². The number of rotatable bonds is 4. The van der Waals surface area contributed by atoms with Crippen LogP contribution in [0.15, 0.2) is 22.7 Å². The zero-order chi connectivity index (χ0) is 13.7. The third-order valence-corrected chi connectivity index (χ3v) is 4.31. The van der Waals surface area contributed by atoms with Crippen LogP contribution in [0.3, 0.4) is 0 Å². The van der Waals surface area contributed by atoms with E-state index >= 15 is 0 Å². The summed E-state index contributed by atoms with van der Waals surface area (Å²) in [4.78, 5) is 0. The Kier molecular flexibility index (Phi) is 5.79. The summed E-state index contributed by atoms with van der Waals surface area (Å²) in [7, 11) is 0. The molecule has 1 atom stereocenters. The van der Waals surface area contributed by atoms with Crippen molar-refractivity contribution in [3.63, 3.8) is 0 Å². The molecule has 0 amide bonds. The first-order valence-electron chi connectivity index (χ1n) is 7.02. The molecule has 0 radical (unpaired) electrons. The summed E-state index contributed by atoms with van der Waals surface area (Å²) in [5.41, 5.74) is 0.551. The minimum atomic E-state index is -0.309. The first-order chi connectivity index (χ1) is 9.20. The van der Waals surface area contributed by atoms with Crippen LogP contribution in [-0.2, 0) is 0 Å². The quantitative estimate of drug-likeness (QED) is 0.820. The molecule has 4 heteroatoms. The number of hydrogen-bond donors (Lipinski definition) is 2. The maximum absolute atomic E-state index is 13.9. The van der Waals surface area contributed by atoms with Crippen LogP contribution in [0, 0.1) is 5.82 Å². The fourth-order valence-electron chi connectivity index (χ4n) is 2.76. The van der Waals surface area contributed by atoms with Gasteiger partial charge in [-0.05, 0) is 25.0 Å². The summed E-state index contributed by atoms with van der Waals surface area (Å²) in [6.07, 6.45) is 7.25. The number of benzene rings is 1. The van der Waals surface area contributed by atoms with Gasteiger partial charge in [0.1, 0.15) is 5.82 Å². The highest BCUT2D eigenvalue weighted by molar-refractivity contribution is 9.10. The van der Waals surface area contributed by atoms with Crippen molar-refractivity contribution in [2.75, 3.05) is 6.61 Å². The zero-order valence-corrected chi connectivity index (χ0v) is 12.6. The molecular weight excluding hydrogens is 309 g/mol. The largest absolute Gasteiger partial charge is 0.394 e. The first kappa shape index (κ1) is 14.9. The van der Waals surface area contributed by atoms with E-state index in [4.69, 9.17) is 0 Å². The smallest absolute Gasteiger partial charge is 0.129 e. The fourth-order valence-corrected chi connectivity index (χ4v) is 3.09. The Morgan fingerprint density at radius 3 is 2.53 bits per heavy atom. The highest BCUT2D eigenvalue weighted by Gasteiger charge is 2.20. The normalized spacial score (nSPS) is 19.1. The molecule has 1 aromatic rings. The lowest BCUT2D eigenvalue weighted by molar-refractivity contribution is 0.225. The molecule has 1 aromatic carbocycles. The summed E-state index contributed by atoms with van der Waals surface area (Å²) in [5.74, 6) is -0.269. The van der Waals surface area contributed by atoms with E-state index in [1.165, 1.54) is 31.7 Å². The standard InChI is InChI=1S/C15H21BrFNO/c16-11-7-8-13(14(17)9-11)15(10-19)18-12-5-3-1-2-4-6-12/h7-9,12,15,18-19H,1-6,10H2. The topological polar surface area (TPSA) is 32.3 Å². The van der Waals surface area contributed by atoms with Crippen LogP contribution in [0.4, 0.5) is 4.39 Å². The molecular formula is C15H21BrFNO. The van der Waals surface area contributed by atoms with Crippen molar-refractivity contribution in [1.29, 1.82) is 0 Å². The lowest BCUT2D eigenvalue weighted by atomic mass is 10.0. The van der Waals surface area contributed by atoms with Gasteiger partial charge >= 0.3 is 0 Å². The summed E-state index contributed by atoms with van der Waals surface area (Å²) in [6, 6.07) is 5.09. The Morgan fingerprint density at radius 1 is 1.26 bits per heavy atom. The average Bonchev–Trinajstić information content (AvgIpc) is 2.65. The minimum absolute atomic E-state index is 0.0744. The van der Waals surface area contributed by atoms with Gasteiger partial charge < -0.3 is 10.4 Å². The summed E-state index contributed by atoms with van der Waals surface area (Å²) in [6.45, 7) is -0.0744. The molecule has 2 N–H and O–H groups in total. The molecule has 2 nitrogen and oxygen atoms in total. The summed E-state index contributed by atoms with van der Waals surface area (Å²) >= 11 is 3.25. The molecule has 1 fully saturated rings. The van der Waals surface area contributed by atoms with Crippen molar-refractivity contribution in [1.82, 2.24) is 5.32 Å². The van der Waals surface area contributed by atoms with Crippen LogP contribution in [0.1, 0.15) is 50.1 Å². The molecule has 19 heavy (non-hydrogen) atoms. The Labute approximate surface area is 122 Å². The Hall–Kier alpha value is -0.450. The van der Waals surface area contributed by atoms with Crippen LogP contribution in [0.25, 0.3) is 0 Å². The monoisotopic (exact) mass is 329 g/mol. The SMILES string of the molecule is OCC(NC1CCCCCC1)c1ccc(Br)cc1F. The van der Waals surface area contributed by atoms with Crippen LogP contribution in [0.2, 0.25) is 0 Å². The van der Waals surface area contributed by atoms with E-state index in [9.17, 15) is 9.50 Å². The van der Waals surface area contributed by atoms with Gasteiger partial charge in [-0.3, -0.25) is 0 Å². The van der Waals surface area contributed by atoms with Gasteiger partial charge in [-0.25, -0.2) is 4.39 Å². The predicted molar refractivity (Wildman–Crippen MR) is 78.6 cm³/mol. The number of halogens is 2. The third kappa shape index (κ3) is 4.26. The molecule has 0 aromatic heterocycles. The molecule has 1 saturated carbocycles. The number of aliphatic hydroxyl groups is 1. The second-order valence-electron chi connectivity index (χ2n) is 5.26. The maximum Gasteiger partial charge on any atom is 0.129 e. The Balaban J connectivity index is 2.06. The van der Waals surface area contributed by atoms with Gasteiger partial charge in [0.15, 0.2) is 0 Å². The van der Waals surface area contributed by atoms with Crippen molar-refractivity contribution in [2.24, 2.45) is 0 Å². The Morgan fingerprint density at radius 2 is 1.95 bits per heavy atom. The fraction of sp³-hybridized carbons (Fsp3) is 0.600. The van der Waals surface area contributed by atoms with Crippen molar-refractivity contribution in [3.05, 3.63) is 34.1 Å². The van der Waals surface area contributed by atoms with E-state index in [2.05, 4.69) is 21.2 Å². The molecule has 1 aliphatic rings. The van der Waals surface area contributed by atoms with Gasteiger partial charge in [0.05, 0.1) is 12.6 Å². The highest BCUT2D eigenvalue weighted by Crippen LogP contribution is 2.24. The summed E-state index contributed by atoms with van der Waals surface area (Å²) in [5, 5.41) is 13.0. The third-order valence-electron chi connectivity index (χ3n) is 3.81. The maximum atomic E-state index is 13.9. The highest BCUT2D eigenvalue weighted by atomic mass is 79.9. The zero-order valence-electron chi connectivity index (χ0n) is 11.0. The van der Waals surface area contributed by atoms with E-state index in [0.29, 0.717) is 11.6 Å². The van der Waals surface area contributed by atoms with Gasteiger partial charge in [-0.1, -0.05) is 47.7 Å². The van der Waals surface area contributed by atoms with Gasteiger partial charge in [0, 0.05) is 16.1 Å². The van der Waals surface area contributed by atoms with Crippen LogP contribution in [-0.4, -0.2) is 17.8 Å². The molecule has 1 unspecified atom stereocenters. The number of hydrogen-bond acceptors (Lipinski definition) is 2. The first-order valence-corrected chi connectivity index (χ1v) is 7.82. The molecule has 0 spiro atoms. The van der Waals surface area contributed by atoms with Crippen molar-refractivity contribution in [3.8, 4) is 0 Å². The molecule has 0 bridgehead atoms. The van der Waals surface area contributed by atoms with Crippen LogP contribution in [0.5, 0.6) is 0 Å². The van der Waals surface area contributed by atoms with Gasteiger partial charge in [-0.15, -0.1) is 0 Å². The summed E-state index contributed by atoms with van der Waals surface area (Å²) < 4.78 is 14.7. The molecule has 0 saturated heterocycles. The Bertz CT molecular complexity index is 405. The minimum Gasteiger partial charge on any atom is -0.394 e. The van der Waals surface area contributed by atoms with Crippen LogP contribution >= 0.6 is 15.9 Å². The van der Waals surface area contributed by atoms with Gasteiger partial charge in [0.25, 0.3) is 0 Å². The van der Waals surface area contributed by atoms with E-state index in [-0.39, 0.29) is 18.5 Å². The van der Waals surface area contributed by atoms with E-state index in [0.717, 1.165) is 17.3 Å².